The molecule has 0 saturated carbocycles. The van der Waals surface area contributed by atoms with E-state index in [1.807, 2.05) is 20.8 Å². The van der Waals surface area contributed by atoms with Crippen molar-refractivity contribution in [3.63, 3.8) is 0 Å². The molecule has 1 rings (SSSR count). The van der Waals surface area contributed by atoms with Gasteiger partial charge >= 0.3 is 6.18 Å². The fourth-order valence-electron chi connectivity index (χ4n) is 2.22. The predicted molar refractivity (Wildman–Crippen MR) is 86.8 cm³/mol. The maximum absolute atomic E-state index is 12.8. The third-order valence-electron chi connectivity index (χ3n) is 3.31. The Morgan fingerprint density at radius 1 is 1.21 bits per heavy atom. The summed E-state index contributed by atoms with van der Waals surface area (Å²) in [4.78, 5) is 25.1. The SMILES string of the molecule is CC(=O)N(CCC(=O)Nc1ccc(Cl)c(C(F)(F)F)c1)C(C)(C)C. The molecular formula is C16H20ClF3N2O2. The summed E-state index contributed by atoms with van der Waals surface area (Å²) in [7, 11) is 0. The first-order chi connectivity index (χ1) is 10.8. The van der Waals surface area contributed by atoms with Crippen LogP contribution in [0, 0.1) is 0 Å². The summed E-state index contributed by atoms with van der Waals surface area (Å²) in [6, 6.07) is 3.16. The van der Waals surface area contributed by atoms with Gasteiger partial charge in [-0.1, -0.05) is 11.6 Å². The highest BCUT2D eigenvalue weighted by Gasteiger charge is 2.33. The summed E-state index contributed by atoms with van der Waals surface area (Å²) in [5.41, 5.74) is -1.46. The standard InChI is InChI=1S/C16H20ClF3N2O2/c1-10(23)22(15(2,3)4)8-7-14(24)21-11-5-6-13(17)12(9-11)16(18,19)20/h5-6,9H,7-8H2,1-4H3,(H,21,24). The summed E-state index contributed by atoms with van der Waals surface area (Å²) in [5.74, 6) is -0.665. The van der Waals surface area contributed by atoms with Crippen LogP contribution in [-0.4, -0.2) is 28.8 Å². The molecule has 0 aliphatic carbocycles. The van der Waals surface area contributed by atoms with Crippen molar-refractivity contribution < 1.29 is 22.8 Å². The third kappa shape index (κ3) is 5.70. The monoisotopic (exact) mass is 364 g/mol. The first-order valence-corrected chi connectivity index (χ1v) is 7.65. The van der Waals surface area contributed by atoms with Crippen molar-refractivity contribution in [2.24, 2.45) is 0 Å². The summed E-state index contributed by atoms with van der Waals surface area (Å²) >= 11 is 5.53. The molecular weight excluding hydrogens is 345 g/mol. The van der Waals surface area contributed by atoms with Crippen LogP contribution in [0.4, 0.5) is 18.9 Å². The fraction of sp³-hybridized carbons (Fsp3) is 0.500. The highest BCUT2D eigenvalue weighted by atomic mass is 35.5. The number of nitrogens with one attached hydrogen (secondary N) is 1. The van der Waals surface area contributed by atoms with Crippen LogP contribution in [0.25, 0.3) is 0 Å². The molecule has 1 aromatic carbocycles. The third-order valence-corrected chi connectivity index (χ3v) is 3.64. The van der Waals surface area contributed by atoms with Crippen LogP contribution in [-0.2, 0) is 15.8 Å². The average molecular weight is 365 g/mol. The lowest BCUT2D eigenvalue weighted by Gasteiger charge is -2.34. The van der Waals surface area contributed by atoms with Gasteiger partial charge in [0.2, 0.25) is 11.8 Å². The largest absolute Gasteiger partial charge is 0.417 e. The lowest BCUT2D eigenvalue weighted by Crippen LogP contribution is -2.45. The fourth-order valence-corrected chi connectivity index (χ4v) is 2.45. The second-order valence-corrected chi connectivity index (χ2v) is 6.74. The Hall–Kier alpha value is -1.76. The van der Waals surface area contributed by atoms with Crippen molar-refractivity contribution in [1.82, 2.24) is 4.90 Å². The summed E-state index contributed by atoms with van der Waals surface area (Å²) < 4.78 is 38.4. The zero-order valence-electron chi connectivity index (χ0n) is 13.9. The number of rotatable bonds is 4. The van der Waals surface area contributed by atoms with Crippen LogP contribution < -0.4 is 5.32 Å². The van der Waals surface area contributed by atoms with Crippen molar-refractivity contribution in [1.29, 1.82) is 0 Å². The number of hydrogen-bond acceptors (Lipinski definition) is 2. The molecule has 1 aromatic rings. The zero-order valence-corrected chi connectivity index (χ0v) is 14.7. The van der Waals surface area contributed by atoms with E-state index >= 15 is 0 Å². The van der Waals surface area contributed by atoms with Gasteiger partial charge in [0.1, 0.15) is 0 Å². The topological polar surface area (TPSA) is 49.4 Å². The van der Waals surface area contributed by atoms with Crippen LogP contribution in [0.15, 0.2) is 18.2 Å². The van der Waals surface area contributed by atoms with Crippen molar-refractivity contribution in [3.8, 4) is 0 Å². The van der Waals surface area contributed by atoms with Gasteiger partial charge in [0.15, 0.2) is 0 Å². The Morgan fingerprint density at radius 2 is 1.79 bits per heavy atom. The molecule has 24 heavy (non-hydrogen) atoms. The van der Waals surface area contributed by atoms with Crippen molar-refractivity contribution >= 4 is 29.1 Å². The van der Waals surface area contributed by atoms with E-state index in [0.717, 1.165) is 12.1 Å². The van der Waals surface area contributed by atoms with E-state index < -0.39 is 28.2 Å². The lowest BCUT2D eigenvalue weighted by atomic mass is 10.1. The molecule has 0 atom stereocenters. The Kier molecular flexibility index (Phi) is 6.27. The number of hydrogen-bond donors (Lipinski definition) is 1. The molecule has 4 nitrogen and oxygen atoms in total. The molecule has 0 fully saturated rings. The van der Waals surface area contributed by atoms with Crippen LogP contribution in [0.5, 0.6) is 0 Å². The Balaban J connectivity index is 2.77. The number of alkyl halides is 3. The highest BCUT2D eigenvalue weighted by Crippen LogP contribution is 2.36. The Morgan fingerprint density at radius 3 is 2.25 bits per heavy atom. The van der Waals surface area contributed by atoms with Crippen molar-refractivity contribution in [2.75, 3.05) is 11.9 Å². The van der Waals surface area contributed by atoms with E-state index in [1.165, 1.54) is 17.9 Å². The van der Waals surface area contributed by atoms with E-state index in [1.54, 1.807) is 0 Å². The van der Waals surface area contributed by atoms with Crippen molar-refractivity contribution in [3.05, 3.63) is 28.8 Å². The molecule has 0 aromatic heterocycles. The zero-order chi connectivity index (χ0) is 18.7. The molecule has 0 bridgehead atoms. The number of halogens is 4. The first kappa shape index (κ1) is 20.3. The Bertz CT molecular complexity index is 625. The number of carbonyl (C=O) groups is 2. The predicted octanol–water partition coefficient (Wildman–Crippen LogP) is 4.33. The molecule has 0 aliphatic rings. The van der Waals surface area contributed by atoms with Gasteiger partial charge in [0, 0.05) is 31.1 Å². The summed E-state index contributed by atoms with van der Waals surface area (Å²) in [6.07, 6.45) is -4.63. The van der Waals surface area contributed by atoms with Gasteiger partial charge in [-0.05, 0) is 39.0 Å². The minimum Gasteiger partial charge on any atom is -0.338 e. The van der Waals surface area contributed by atoms with Crippen LogP contribution >= 0.6 is 11.6 Å². The number of carbonyl (C=O) groups excluding carboxylic acids is 2. The molecule has 1 N–H and O–H groups in total. The van der Waals surface area contributed by atoms with E-state index in [2.05, 4.69) is 5.32 Å². The molecule has 0 saturated heterocycles. The van der Waals surface area contributed by atoms with Gasteiger partial charge in [-0.25, -0.2) is 0 Å². The van der Waals surface area contributed by atoms with E-state index in [9.17, 15) is 22.8 Å². The first-order valence-electron chi connectivity index (χ1n) is 7.27. The minimum absolute atomic E-state index is 0.00172. The Labute approximate surface area is 144 Å². The molecule has 0 heterocycles. The molecule has 8 heteroatoms. The van der Waals surface area contributed by atoms with Gasteiger partial charge in [-0.15, -0.1) is 0 Å². The molecule has 0 unspecified atom stereocenters. The molecule has 134 valence electrons. The molecule has 0 aliphatic heterocycles. The maximum atomic E-state index is 12.8. The normalized spacial score (nSPS) is 12.0. The van der Waals surface area contributed by atoms with E-state index in [-0.39, 0.29) is 24.6 Å². The second-order valence-electron chi connectivity index (χ2n) is 6.33. The van der Waals surface area contributed by atoms with Gasteiger partial charge in [-0.3, -0.25) is 9.59 Å². The number of amides is 2. The quantitative estimate of drug-likeness (QED) is 0.864. The van der Waals surface area contributed by atoms with Gasteiger partial charge in [0.05, 0.1) is 10.6 Å². The van der Waals surface area contributed by atoms with Gasteiger partial charge < -0.3 is 10.2 Å². The minimum atomic E-state index is -4.60. The maximum Gasteiger partial charge on any atom is 0.417 e. The molecule has 0 radical (unpaired) electrons. The van der Waals surface area contributed by atoms with Crippen molar-refractivity contribution in [2.45, 2.75) is 45.8 Å². The highest BCUT2D eigenvalue weighted by molar-refractivity contribution is 6.31. The molecule has 2 amide bonds. The van der Waals surface area contributed by atoms with Gasteiger partial charge in [0.25, 0.3) is 0 Å². The lowest BCUT2D eigenvalue weighted by molar-refractivity contribution is -0.137. The van der Waals surface area contributed by atoms with Crippen LogP contribution in [0.3, 0.4) is 0 Å². The molecule has 0 spiro atoms. The number of benzene rings is 1. The van der Waals surface area contributed by atoms with Gasteiger partial charge in [-0.2, -0.15) is 13.2 Å². The van der Waals surface area contributed by atoms with Crippen LogP contribution in [0.1, 0.15) is 39.7 Å². The number of nitrogens with zero attached hydrogens (tertiary/aromatic N) is 1. The van der Waals surface area contributed by atoms with E-state index in [0.29, 0.717) is 0 Å². The van der Waals surface area contributed by atoms with Crippen LogP contribution in [0.2, 0.25) is 5.02 Å². The summed E-state index contributed by atoms with van der Waals surface area (Å²) in [6.45, 7) is 7.08. The van der Waals surface area contributed by atoms with E-state index in [4.69, 9.17) is 11.6 Å². The average Bonchev–Trinajstić information content (AvgIpc) is 2.37. The summed E-state index contributed by atoms with van der Waals surface area (Å²) in [5, 5.41) is 1.96. The second kappa shape index (κ2) is 7.42. The number of anilines is 1. The smallest absolute Gasteiger partial charge is 0.338 e.